The lowest BCUT2D eigenvalue weighted by molar-refractivity contribution is -0.149. The molecule has 0 saturated carbocycles. The van der Waals surface area contributed by atoms with Crippen molar-refractivity contribution in [1.82, 2.24) is 0 Å². The van der Waals surface area contributed by atoms with E-state index in [0.717, 1.165) is 25.7 Å². The van der Waals surface area contributed by atoms with Crippen molar-refractivity contribution in [3.05, 3.63) is 0 Å². The van der Waals surface area contributed by atoms with Gasteiger partial charge < -0.3 is 9.84 Å². The van der Waals surface area contributed by atoms with Gasteiger partial charge in [0.1, 0.15) is 0 Å². The topological polar surface area (TPSA) is 46.5 Å². The van der Waals surface area contributed by atoms with E-state index >= 15 is 0 Å². The Bertz CT molecular complexity index is 330. The molecule has 1 N–H and O–H groups in total. The fraction of sp³-hybridized carbons (Fsp3) is 0.962. The van der Waals surface area contributed by atoms with Crippen LogP contribution in [0, 0.1) is 5.92 Å². The molecule has 3 nitrogen and oxygen atoms in total. The molecule has 0 aliphatic rings. The average Bonchev–Trinajstić information content (AvgIpc) is 2.73. The van der Waals surface area contributed by atoms with E-state index < -0.39 is 0 Å². The fourth-order valence-electron chi connectivity index (χ4n) is 3.93. The molecule has 0 aliphatic carbocycles. The van der Waals surface area contributed by atoms with Crippen molar-refractivity contribution in [3.8, 4) is 0 Å². The lowest BCUT2D eigenvalue weighted by Crippen LogP contribution is -2.17. The molecular formula is C26H52O3. The highest BCUT2D eigenvalue weighted by Crippen LogP contribution is 2.18. The first kappa shape index (κ1) is 28.4. The minimum absolute atomic E-state index is 0.0393. The van der Waals surface area contributed by atoms with Crippen LogP contribution in [-0.2, 0) is 9.53 Å². The lowest BCUT2D eigenvalue weighted by Gasteiger charge is -2.14. The van der Waals surface area contributed by atoms with Crippen molar-refractivity contribution in [2.45, 2.75) is 142 Å². The molecule has 3 heteroatoms. The van der Waals surface area contributed by atoms with Crippen LogP contribution >= 0.6 is 0 Å². The highest BCUT2D eigenvalue weighted by molar-refractivity contribution is 5.72. The van der Waals surface area contributed by atoms with Crippen LogP contribution in [0.25, 0.3) is 0 Å². The van der Waals surface area contributed by atoms with Crippen molar-refractivity contribution in [3.63, 3.8) is 0 Å². The number of rotatable bonds is 23. The van der Waals surface area contributed by atoms with Gasteiger partial charge in [-0.1, -0.05) is 117 Å². The molecule has 174 valence electrons. The average molecular weight is 413 g/mol. The maximum absolute atomic E-state index is 12.2. The number of ether oxygens (including phenoxy) is 1. The second-order valence-corrected chi connectivity index (χ2v) is 8.80. The molecule has 0 radical (unpaired) electrons. The summed E-state index contributed by atoms with van der Waals surface area (Å²) >= 11 is 0. The quantitative estimate of drug-likeness (QED) is 0.137. The van der Waals surface area contributed by atoms with E-state index in [1.807, 2.05) is 0 Å². The van der Waals surface area contributed by atoms with Crippen LogP contribution < -0.4 is 0 Å². The first-order chi connectivity index (χ1) is 14.3. The van der Waals surface area contributed by atoms with Crippen LogP contribution in [0.15, 0.2) is 0 Å². The van der Waals surface area contributed by atoms with Gasteiger partial charge >= 0.3 is 5.97 Å². The third-order valence-electron chi connectivity index (χ3n) is 6.03. The Balaban J connectivity index is 3.37. The van der Waals surface area contributed by atoms with Crippen LogP contribution in [0.3, 0.4) is 0 Å². The van der Waals surface area contributed by atoms with Crippen LogP contribution in [0.1, 0.15) is 142 Å². The Morgan fingerprint density at radius 3 is 1.55 bits per heavy atom. The molecule has 0 rings (SSSR count). The van der Waals surface area contributed by atoms with Gasteiger partial charge in [-0.2, -0.15) is 0 Å². The van der Waals surface area contributed by atoms with Crippen LogP contribution in [0.2, 0.25) is 0 Å². The van der Waals surface area contributed by atoms with Crippen molar-refractivity contribution >= 4 is 5.97 Å². The predicted molar refractivity (Wildman–Crippen MR) is 125 cm³/mol. The van der Waals surface area contributed by atoms with Crippen molar-refractivity contribution in [2.24, 2.45) is 5.92 Å². The van der Waals surface area contributed by atoms with Gasteiger partial charge in [0.2, 0.25) is 0 Å². The molecule has 0 amide bonds. The van der Waals surface area contributed by atoms with Gasteiger partial charge in [-0.3, -0.25) is 4.79 Å². The zero-order valence-corrected chi connectivity index (χ0v) is 19.9. The summed E-state index contributed by atoms with van der Waals surface area (Å²) in [7, 11) is 0. The summed E-state index contributed by atoms with van der Waals surface area (Å²) in [4.78, 5) is 12.2. The SMILES string of the molecule is CCCCCCOC(=O)C(CC)CCCCCCCCCCCCCCCCO. The van der Waals surface area contributed by atoms with Crippen molar-refractivity contribution in [2.75, 3.05) is 13.2 Å². The molecule has 0 aliphatic heterocycles. The predicted octanol–water partition coefficient (Wildman–Crippen LogP) is 7.98. The normalized spacial score (nSPS) is 12.2. The first-order valence-electron chi connectivity index (χ1n) is 13.0. The van der Waals surface area contributed by atoms with E-state index in [2.05, 4.69) is 13.8 Å². The van der Waals surface area contributed by atoms with Gasteiger partial charge in [0.25, 0.3) is 0 Å². The highest BCUT2D eigenvalue weighted by Gasteiger charge is 2.17. The molecule has 0 saturated heterocycles. The lowest BCUT2D eigenvalue weighted by atomic mass is 9.97. The molecule has 0 aromatic carbocycles. The minimum atomic E-state index is 0.0393. The van der Waals surface area contributed by atoms with E-state index in [1.54, 1.807) is 0 Å². The van der Waals surface area contributed by atoms with E-state index in [1.165, 1.54) is 103 Å². The van der Waals surface area contributed by atoms with Crippen LogP contribution in [0.4, 0.5) is 0 Å². The number of carbonyl (C=O) groups is 1. The van der Waals surface area contributed by atoms with E-state index in [4.69, 9.17) is 9.84 Å². The smallest absolute Gasteiger partial charge is 0.308 e. The van der Waals surface area contributed by atoms with Gasteiger partial charge in [-0.25, -0.2) is 0 Å². The number of unbranched alkanes of at least 4 members (excludes halogenated alkanes) is 16. The monoisotopic (exact) mass is 412 g/mol. The van der Waals surface area contributed by atoms with Gasteiger partial charge in [0.05, 0.1) is 12.5 Å². The largest absolute Gasteiger partial charge is 0.465 e. The highest BCUT2D eigenvalue weighted by atomic mass is 16.5. The van der Waals surface area contributed by atoms with Crippen LogP contribution in [0.5, 0.6) is 0 Å². The summed E-state index contributed by atoms with van der Waals surface area (Å²) in [6.45, 7) is 5.27. The summed E-state index contributed by atoms with van der Waals surface area (Å²) < 4.78 is 5.47. The van der Waals surface area contributed by atoms with Crippen molar-refractivity contribution in [1.29, 1.82) is 0 Å². The number of hydrogen-bond donors (Lipinski definition) is 1. The Morgan fingerprint density at radius 1 is 0.655 bits per heavy atom. The third kappa shape index (κ3) is 20.5. The summed E-state index contributed by atoms with van der Waals surface area (Å²) in [6.07, 6.45) is 24.7. The molecule has 0 fully saturated rings. The summed E-state index contributed by atoms with van der Waals surface area (Å²) in [5.41, 5.74) is 0. The Kier molecular flexibility index (Phi) is 23.2. The number of carbonyl (C=O) groups excluding carboxylic acids is 1. The number of aliphatic hydroxyl groups excluding tert-OH is 1. The second kappa shape index (κ2) is 23.7. The van der Waals surface area contributed by atoms with Crippen LogP contribution in [-0.4, -0.2) is 24.3 Å². The summed E-state index contributed by atoms with van der Waals surface area (Å²) in [6, 6.07) is 0. The van der Waals surface area contributed by atoms with E-state index in [9.17, 15) is 4.79 Å². The molecule has 0 aromatic rings. The number of hydrogen-bond acceptors (Lipinski definition) is 3. The maximum Gasteiger partial charge on any atom is 0.308 e. The molecular weight excluding hydrogens is 360 g/mol. The Labute approximate surface area is 182 Å². The maximum atomic E-state index is 12.2. The number of aliphatic hydroxyl groups is 1. The molecule has 29 heavy (non-hydrogen) atoms. The molecule has 1 atom stereocenters. The summed E-state index contributed by atoms with van der Waals surface area (Å²) in [5, 5.41) is 8.75. The second-order valence-electron chi connectivity index (χ2n) is 8.80. The van der Waals surface area contributed by atoms with Gasteiger partial charge in [0, 0.05) is 6.61 Å². The van der Waals surface area contributed by atoms with Gasteiger partial charge in [0.15, 0.2) is 0 Å². The summed E-state index contributed by atoms with van der Waals surface area (Å²) in [5.74, 6) is 0.155. The molecule has 1 unspecified atom stereocenters. The standard InChI is InChI=1S/C26H52O3/c1-3-5-6-21-24-29-26(28)25(4-2)22-19-17-15-13-11-9-7-8-10-12-14-16-18-20-23-27/h25,27H,3-24H2,1-2H3. The molecule has 0 heterocycles. The zero-order chi connectivity index (χ0) is 21.4. The van der Waals surface area contributed by atoms with E-state index in [-0.39, 0.29) is 11.9 Å². The van der Waals surface area contributed by atoms with E-state index in [0.29, 0.717) is 13.2 Å². The van der Waals surface area contributed by atoms with Gasteiger partial charge in [-0.05, 0) is 25.7 Å². The van der Waals surface area contributed by atoms with Gasteiger partial charge in [-0.15, -0.1) is 0 Å². The minimum Gasteiger partial charge on any atom is -0.465 e. The molecule has 0 spiro atoms. The third-order valence-corrected chi connectivity index (χ3v) is 6.03. The fourth-order valence-corrected chi connectivity index (χ4v) is 3.93. The Hall–Kier alpha value is -0.570. The zero-order valence-electron chi connectivity index (χ0n) is 19.9. The first-order valence-corrected chi connectivity index (χ1v) is 13.0. The van der Waals surface area contributed by atoms with Crippen molar-refractivity contribution < 1.29 is 14.6 Å². The Morgan fingerprint density at radius 2 is 1.10 bits per heavy atom. The number of esters is 1. The molecule has 0 bridgehead atoms. The molecule has 0 aromatic heterocycles.